The van der Waals surface area contributed by atoms with E-state index in [1.54, 1.807) is 16.7 Å². The van der Waals surface area contributed by atoms with Crippen LogP contribution in [0.2, 0.25) is 0 Å². The third-order valence-corrected chi connectivity index (χ3v) is 4.06. The number of carbonyl (C=O) groups excluding carboxylic acids is 1. The van der Waals surface area contributed by atoms with E-state index >= 15 is 0 Å². The Morgan fingerprint density at radius 2 is 1.92 bits per heavy atom. The Labute approximate surface area is 141 Å². The maximum absolute atomic E-state index is 13.1. The Morgan fingerprint density at radius 1 is 1.17 bits per heavy atom. The molecule has 4 heteroatoms. The predicted molar refractivity (Wildman–Crippen MR) is 94.5 cm³/mol. The van der Waals surface area contributed by atoms with E-state index in [0.29, 0.717) is 11.3 Å². The van der Waals surface area contributed by atoms with Crippen molar-refractivity contribution in [1.29, 1.82) is 0 Å². The van der Waals surface area contributed by atoms with E-state index in [1.165, 1.54) is 0 Å². The lowest BCUT2D eigenvalue weighted by molar-refractivity contribution is 0.0962. The van der Waals surface area contributed by atoms with Gasteiger partial charge in [0.05, 0.1) is 18.2 Å². The monoisotopic (exact) mass is 323 g/mol. The van der Waals surface area contributed by atoms with E-state index in [1.807, 2.05) is 57.2 Å². The summed E-state index contributed by atoms with van der Waals surface area (Å²) in [6.45, 7) is 5.66. The Bertz CT molecular complexity index is 893. The summed E-state index contributed by atoms with van der Waals surface area (Å²) in [6, 6.07) is 14.8. The van der Waals surface area contributed by atoms with Crippen LogP contribution in [0.25, 0.3) is 10.9 Å². The molecule has 2 aromatic carbocycles. The fourth-order valence-electron chi connectivity index (χ4n) is 3.00. The highest BCUT2D eigenvalue weighted by Crippen LogP contribution is 2.27. The van der Waals surface area contributed by atoms with Gasteiger partial charge in [0.2, 0.25) is 0 Å². The first-order valence-corrected chi connectivity index (χ1v) is 8.04. The second-order valence-corrected chi connectivity index (χ2v) is 6.07. The number of fused-ring (bicyclic) bond motifs is 1. The fraction of sp³-hybridized carbons (Fsp3) is 0.250. The van der Waals surface area contributed by atoms with Gasteiger partial charge in [-0.2, -0.15) is 0 Å². The average molecular weight is 323 g/mol. The Morgan fingerprint density at radius 3 is 2.62 bits per heavy atom. The number of para-hydroxylation sites is 1. The van der Waals surface area contributed by atoms with Gasteiger partial charge in [-0.1, -0.05) is 24.3 Å². The minimum absolute atomic E-state index is 0.0467. The number of aliphatic hydroxyl groups excluding tert-OH is 1. The van der Waals surface area contributed by atoms with Crippen molar-refractivity contribution in [1.82, 2.24) is 4.57 Å². The van der Waals surface area contributed by atoms with E-state index in [4.69, 9.17) is 4.74 Å². The molecule has 0 aliphatic heterocycles. The number of hydrogen-bond donors (Lipinski definition) is 1. The Balaban J connectivity index is 2.11. The van der Waals surface area contributed by atoms with E-state index in [9.17, 15) is 9.90 Å². The van der Waals surface area contributed by atoms with Crippen LogP contribution in [0, 0.1) is 6.92 Å². The van der Waals surface area contributed by atoms with Gasteiger partial charge < -0.3 is 9.84 Å². The first kappa shape index (κ1) is 16.3. The number of aromatic nitrogens is 1. The van der Waals surface area contributed by atoms with Crippen molar-refractivity contribution in [2.75, 3.05) is 0 Å². The molecule has 0 radical (unpaired) electrons. The molecule has 1 aromatic heterocycles. The van der Waals surface area contributed by atoms with Crippen molar-refractivity contribution in [3.8, 4) is 5.75 Å². The molecule has 0 amide bonds. The number of ether oxygens (including phenoxy) is 1. The first-order valence-electron chi connectivity index (χ1n) is 8.04. The van der Waals surface area contributed by atoms with Gasteiger partial charge in [0.25, 0.3) is 5.91 Å². The van der Waals surface area contributed by atoms with Gasteiger partial charge in [0.1, 0.15) is 5.75 Å². The molecule has 4 nitrogen and oxygen atoms in total. The SMILES string of the molecule is Cc1c(CO)c2ccccc2n1C(=O)c1cccc(OC(C)C)c1. The van der Waals surface area contributed by atoms with Crippen LogP contribution in [0.5, 0.6) is 5.75 Å². The van der Waals surface area contributed by atoms with Crippen molar-refractivity contribution in [2.24, 2.45) is 0 Å². The smallest absolute Gasteiger partial charge is 0.262 e. The summed E-state index contributed by atoms with van der Waals surface area (Å²) >= 11 is 0. The third-order valence-electron chi connectivity index (χ3n) is 4.06. The molecule has 0 fully saturated rings. The Kier molecular flexibility index (Phi) is 4.40. The Hall–Kier alpha value is -2.59. The zero-order valence-corrected chi connectivity index (χ0v) is 14.1. The van der Waals surface area contributed by atoms with Gasteiger partial charge in [-0.15, -0.1) is 0 Å². The number of nitrogens with zero attached hydrogens (tertiary/aromatic N) is 1. The minimum Gasteiger partial charge on any atom is -0.491 e. The highest BCUT2D eigenvalue weighted by atomic mass is 16.5. The number of hydrogen-bond acceptors (Lipinski definition) is 3. The fourth-order valence-corrected chi connectivity index (χ4v) is 3.00. The van der Waals surface area contributed by atoms with Crippen LogP contribution in [-0.2, 0) is 6.61 Å². The van der Waals surface area contributed by atoms with Crippen LogP contribution in [-0.4, -0.2) is 21.7 Å². The number of aliphatic hydroxyl groups is 1. The minimum atomic E-state index is -0.127. The van der Waals surface area contributed by atoms with Gasteiger partial charge in [0.15, 0.2) is 0 Å². The van der Waals surface area contributed by atoms with Crippen LogP contribution in [0.1, 0.15) is 35.5 Å². The van der Waals surface area contributed by atoms with Gasteiger partial charge in [-0.3, -0.25) is 9.36 Å². The quantitative estimate of drug-likeness (QED) is 0.792. The largest absolute Gasteiger partial charge is 0.491 e. The number of benzene rings is 2. The van der Waals surface area contributed by atoms with Gasteiger partial charge in [-0.25, -0.2) is 0 Å². The lowest BCUT2D eigenvalue weighted by Gasteiger charge is -2.12. The van der Waals surface area contributed by atoms with Gasteiger partial charge in [-0.05, 0) is 45.0 Å². The maximum atomic E-state index is 13.1. The normalized spacial score (nSPS) is 11.2. The van der Waals surface area contributed by atoms with Gasteiger partial charge >= 0.3 is 0 Å². The zero-order chi connectivity index (χ0) is 17.3. The first-order chi connectivity index (χ1) is 11.5. The van der Waals surface area contributed by atoms with Crippen molar-refractivity contribution in [2.45, 2.75) is 33.5 Å². The molecule has 1 heterocycles. The molecule has 0 saturated heterocycles. The van der Waals surface area contributed by atoms with Crippen molar-refractivity contribution in [3.63, 3.8) is 0 Å². The van der Waals surface area contributed by atoms with Crippen LogP contribution >= 0.6 is 0 Å². The molecule has 3 aromatic rings. The highest BCUT2D eigenvalue weighted by molar-refractivity contribution is 6.04. The van der Waals surface area contributed by atoms with Crippen molar-refractivity contribution < 1.29 is 14.6 Å². The second kappa shape index (κ2) is 6.49. The summed E-state index contributed by atoms with van der Waals surface area (Å²) < 4.78 is 7.35. The molecule has 0 aliphatic carbocycles. The number of rotatable bonds is 4. The summed E-state index contributed by atoms with van der Waals surface area (Å²) in [6.07, 6.45) is 0.0467. The molecule has 1 N–H and O–H groups in total. The molecule has 124 valence electrons. The third kappa shape index (κ3) is 2.81. The van der Waals surface area contributed by atoms with Gasteiger partial charge in [0, 0.05) is 22.2 Å². The van der Waals surface area contributed by atoms with Crippen LogP contribution < -0.4 is 4.74 Å². The molecule has 0 atom stereocenters. The van der Waals surface area contributed by atoms with Crippen molar-refractivity contribution in [3.05, 3.63) is 65.4 Å². The highest BCUT2D eigenvalue weighted by Gasteiger charge is 2.19. The lowest BCUT2D eigenvalue weighted by Crippen LogP contribution is -2.14. The molecular weight excluding hydrogens is 302 g/mol. The molecular formula is C20H21NO3. The molecule has 0 aliphatic rings. The standard InChI is InChI=1S/C20H21NO3/c1-13(2)24-16-8-6-7-15(11-16)20(23)21-14(3)18(12-22)17-9-4-5-10-19(17)21/h4-11,13,22H,12H2,1-3H3. The molecule has 0 unspecified atom stereocenters. The topological polar surface area (TPSA) is 51.5 Å². The summed E-state index contributed by atoms with van der Waals surface area (Å²) in [5.74, 6) is 0.546. The van der Waals surface area contributed by atoms with Crippen LogP contribution in [0.3, 0.4) is 0 Å². The summed E-state index contributed by atoms with van der Waals surface area (Å²) in [5.41, 5.74) is 2.91. The summed E-state index contributed by atoms with van der Waals surface area (Å²) in [4.78, 5) is 13.1. The van der Waals surface area contributed by atoms with E-state index in [2.05, 4.69) is 0 Å². The predicted octanol–water partition coefficient (Wildman–Crippen LogP) is 3.92. The van der Waals surface area contributed by atoms with Crippen LogP contribution in [0.4, 0.5) is 0 Å². The van der Waals surface area contributed by atoms with Crippen molar-refractivity contribution >= 4 is 16.8 Å². The second-order valence-electron chi connectivity index (χ2n) is 6.07. The van der Waals surface area contributed by atoms with E-state index < -0.39 is 0 Å². The van der Waals surface area contributed by atoms with E-state index in [0.717, 1.165) is 22.2 Å². The molecule has 0 spiro atoms. The maximum Gasteiger partial charge on any atom is 0.262 e. The van der Waals surface area contributed by atoms with Crippen LogP contribution in [0.15, 0.2) is 48.5 Å². The summed E-state index contributed by atoms with van der Waals surface area (Å²) in [7, 11) is 0. The summed E-state index contributed by atoms with van der Waals surface area (Å²) in [5, 5.41) is 10.6. The molecule has 0 bridgehead atoms. The number of carbonyl (C=O) groups is 1. The zero-order valence-electron chi connectivity index (χ0n) is 14.1. The lowest BCUT2D eigenvalue weighted by atomic mass is 10.1. The van der Waals surface area contributed by atoms with E-state index in [-0.39, 0.29) is 18.6 Å². The average Bonchev–Trinajstić information content (AvgIpc) is 2.85. The molecule has 0 saturated carbocycles. The molecule has 24 heavy (non-hydrogen) atoms. The molecule has 3 rings (SSSR count).